The third kappa shape index (κ3) is 7.61. The number of nitrogens with zero attached hydrogens (tertiary/aromatic N) is 1. The van der Waals surface area contributed by atoms with Gasteiger partial charge in [-0.05, 0) is 51.3 Å². The van der Waals surface area contributed by atoms with Gasteiger partial charge in [0.1, 0.15) is 5.60 Å². The molecule has 0 radical (unpaired) electrons. The van der Waals surface area contributed by atoms with Crippen LogP contribution in [0.1, 0.15) is 53.0 Å². The lowest BCUT2D eigenvalue weighted by Gasteiger charge is -2.28. The van der Waals surface area contributed by atoms with Gasteiger partial charge in [0.2, 0.25) is 0 Å². The summed E-state index contributed by atoms with van der Waals surface area (Å²) in [5, 5.41) is 0. The molecule has 1 aromatic carbocycles. The molecule has 24 heavy (non-hydrogen) atoms. The summed E-state index contributed by atoms with van der Waals surface area (Å²) in [6.45, 7) is 10.6. The van der Waals surface area contributed by atoms with Crippen molar-refractivity contribution in [3.05, 3.63) is 35.9 Å². The standard InChI is InChI=1S/C18H27NO2S.C2H6/c1-18(2,3)21-17(20)19-12-7-10-16(19)14-22-13-11-15-8-5-4-6-9-15;1-2/h4-6,8-9,16H,7,10-14H2,1-3H3;1-2H3. The summed E-state index contributed by atoms with van der Waals surface area (Å²) in [6.07, 6.45) is 3.12. The SMILES string of the molecule is CC.CC(C)(C)OC(=O)N1CCCC1CSCCc1ccccc1. The van der Waals surface area contributed by atoms with E-state index in [0.29, 0.717) is 6.04 Å². The van der Waals surface area contributed by atoms with Gasteiger partial charge in [-0.3, -0.25) is 0 Å². The van der Waals surface area contributed by atoms with Crippen molar-refractivity contribution >= 4 is 17.9 Å². The fraction of sp³-hybridized carbons (Fsp3) is 0.650. The Hall–Kier alpha value is -1.16. The second kappa shape index (κ2) is 10.7. The normalized spacial score (nSPS) is 17.2. The molecule has 0 spiro atoms. The van der Waals surface area contributed by atoms with E-state index in [9.17, 15) is 4.79 Å². The maximum atomic E-state index is 12.2. The molecule has 4 heteroatoms. The van der Waals surface area contributed by atoms with Gasteiger partial charge in [-0.25, -0.2) is 4.79 Å². The predicted octanol–water partition coefficient (Wildman–Crippen LogP) is 5.39. The number of aryl methyl sites for hydroxylation is 1. The van der Waals surface area contributed by atoms with E-state index < -0.39 is 5.60 Å². The molecule has 0 saturated carbocycles. The third-order valence-corrected chi connectivity index (χ3v) is 4.81. The summed E-state index contributed by atoms with van der Waals surface area (Å²) in [4.78, 5) is 14.1. The number of hydrogen-bond donors (Lipinski definition) is 0. The van der Waals surface area contributed by atoms with E-state index in [1.54, 1.807) is 0 Å². The average molecular weight is 352 g/mol. The van der Waals surface area contributed by atoms with E-state index in [1.807, 2.05) is 57.3 Å². The largest absolute Gasteiger partial charge is 0.444 e. The van der Waals surface area contributed by atoms with E-state index in [2.05, 4.69) is 24.3 Å². The number of ether oxygens (including phenoxy) is 1. The van der Waals surface area contributed by atoms with E-state index in [0.717, 1.165) is 37.3 Å². The van der Waals surface area contributed by atoms with Crippen molar-refractivity contribution in [2.45, 2.75) is 65.5 Å². The van der Waals surface area contributed by atoms with E-state index in [1.165, 1.54) is 5.56 Å². The molecule has 1 aliphatic rings. The Labute approximate surface area is 152 Å². The quantitative estimate of drug-likeness (QED) is 0.666. The average Bonchev–Trinajstić information content (AvgIpc) is 3.01. The molecule has 1 saturated heterocycles. The van der Waals surface area contributed by atoms with E-state index in [4.69, 9.17) is 4.74 Å². The van der Waals surface area contributed by atoms with Crippen LogP contribution in [0.3, 0.4) is 0 Å². The van der Waals surface area contributed by atoms with Crippen molar-refractivity contribution in [2.75, 3.05) is 18.1 Å². The lowest BCUT2D eigenvalue weighted by atomic mass is 10.2. The minimum atomic E-state index is -0.412. The number of hydrogen-bond acceptors (Lipinski definition) is 3. The van der Waals surface area contributed by atoms with Crippen molar-refractivity contribution in [3.8, 4) is 0 Å². The molecule has 136 valence electrons. The highest BCUT2D eigenvalue weighted by molar-refractivity contribution is 7.99. The third-order valence-electron chi connectivity index (χ3n) is 3.69. The zero-order valence-electron chi connectivity index (χ0n) is 15.9. The van der Waals surface area contributed by atoms with E-state index >= 15 is 0 Å². The second-order valence-corrected chi connectivity index (χ2v) is 7.93. The fourth-order valence-corrected chi connectivity index (χ4v) is 3.79. The van der Waals surface area contributed by atoms with Gasteiger partial charge < -0.3 is 9.64 Å². The second-order valence-electron chi connectivity index (χ2n) is 6.78. The topological polar surface area (TPSA) is 29.5 Å². The van der Waals surface area contributed by atoms with Crippen molar-refractivity contribution in [1.29, 1.82) is 0 Å². The molecule has 0 aromatic heterocycles. The molecule has 3 nitrogen and oxygen atoms in total. The van der Waals surface area contributed by atoms with Gasteiger partial charge in [0.05, 0.1) is 0 Å². The van der Waals surface area contributed by atoms with Crippen molar-refractivity contribution in [1.82, 2.24) is 4.90 Å². The first-order chi connectivity index (χ1) is 11.5. The van der Waals surface area contributed by atoms with Gasteiger partial charge in [0.15, 0.2) is 0 Å². The predicted molar refractivity (Wildman–Crippen MR) is 105 cm³/mol. The first-order valence-electron chi connectivity index (χ1n) is 9.07. The van der Waals surface area contributed by atoms with Crippen molar-refractivity contribution in [3.63, 3.8) is 0 Å². The number of carbonyl (C=O) groups is 1. The summed E-state index contributed by atoms with van der Waals surface area (Å²) < 4.78 is 5.51. The summed E-state index contributed by atoms with van der Waals surface area (Å²) in [5.74, 6) is 2.11. The smallest absolute Gasteiger partial charge is 0.410 e. The van der Waals surface area contributed by atoms with Crippen LogP contribution in [0.15, 0.2) is 30.3 Å². The molecule has 1 fully saturated rings. The minimum absolute atomic E-state index is 0.154. The van der Waals surface area contributed by atoms with Crippen LogP contribution in [0.4, 0.5) is 4.79 Å². The molecule has 1 heterocycles. The van der Waals surface area contributed by atoms with Gasteiger partial charge in [-0.15, -0.1) is 0 Å². The number of amides is 1. The number of thioether (sulfide) groups is 1. The van der Waals surface area contributed by atoms with Crippen LogP contribution >= 0.6 is 11.8 Å². The maximum absolute atomic E-state index is 12.2. The molecule has 1 atom stereocenters. The number of rotatable bonds is 5. The van der Waals surface area contributed by atoms with Crippen molar-refractivity contribution in [2.24, 2.45) is 0 Å². The Bertz CT molecular complexity index is 470. The minimum Gasteiger partial charge on any atom is -0.444 e. The highest BCUT2D eigenvalue weighted by Crippen LogP contribution is 2.24. The Balaban J connectivity index is 0.00000139. The van der Waals surface area contributed by atoms with Gasteiger partial charge >= 0.3 is 6.09 Å². The van der Waals surface area contributed by atoms with Gasteiger partial charge in [0, 0.05) is 18.3 Å². The Morgan fingerprint density at radius 2 is 1.92 bits per heavy atom. The van der Waals surface area contributed by atoms with Crippen LogP contribution in [0.2, 0.25) is 0 Å². The zero-order valence-corrected chi connectivity index (χ0v) is 16.7. The molecule has 1 unspecified atom stereocenters. The summed E-state index contributed by atoms with van der Waals surface area (Å²) >= 11 is 1.94. The molecular weight excluding hydrogens is 318 g/mol. The van der Waals surface area contributed by atoms with Crippen LogP contribution in [-0.4, -0.2) is 40.7 Å². The van der Waals surface area contributed by atoms with Gasteiger partial charge in [-0.1, -0.05) is 44.2 Å². The number of benzene rings is 1. The lowest BCUT2D eigenvalue weighted by Crippen LogP contribution is -2.40. The Morgan fingerprint density at radius 3 is 2.54 bits per heavy atom. The summed E-state index contributed by atoms with van der Waals surface area (Å²) in [6, 6.07) is 10.9. The number of likely N-dealkylation sites (tertiary alicyclic amines) is 1. The van der Waals surface area contributed by atoms with Crippen LogP contribution in [-0.2, 0) is 11.2 Å². The number of carbonyl (C=O) groups excluding carboxylic acids is 1. The molecule has 0 bridgehead atoms. The molecule has 1 aromatic rings. The van der Waals surface area contributed by atoms with Gasteiger partial charge in [-0.2, -0.15) is 11.8 Å². The van der Waals surface area contributed by atoms with Crippen LogP contribution in [0, 0.1) is 0 Å². The lowest BCUT2D eigenvalue weighted by molar-refractivity contribution is 0.0242. The Kier molecular flexibility index (Phi) is 9.27. The molecule has 1 amide bonds. The molecule has 0 aliphatic carbocycles. The first-order valence-corrected chi connectivity index (χ1v) is 10.2. The maximum Gasteiger partial charge on any atom is 0.410 e. The summed E-state index contributed by atoms with van der Waals surface area (Å²) in [7, 11) is 0. The van der Waals surface area contributed by atoms with E-state index in [-0.39, 0.29) is 6.09 Å². The van der Waals surface area contributed by atoms with Crippen LogP contribution in [0.5, 0.6) is 0 Å². The summed E-state index contributed by atoms with van der Waals surface area (Å²) in [5.41, 5.74) is 0.968. The molecule has 1 aliphatic heterocycles. The zero-order chi connectivity index (χ0) is 18.0. The molecular formula is C20H33NO2S. The van der Waals surface area contributed by atoms with Crippen LogP contribution in [0.25, 0.3) is 0 Å². The van der Waals surface area contributed by atoms with Crippen molar-refractivity contribution < 1.29 is 9.53 Å². The Morgan fingerprint density at radius 1 is 1.25 bits per heavy atom. The van der Waals surface area contributed by atoms with Gasteiger partial charge in [0.25, 0.3) is 0 Å². The highest BCUT2D eigenvalue weighted by Gasteiger charge is 2.31. The first kappa shape index (κ1) is 20.9. The molecule has 2 rings (SSSR count). The molecule has 0 N–H and O–H groups in total. The fourth-order valence-electron chi connectivity index (χ4n) is 2.62. The van der Waals surface area contributed by atoms with Crippen LogP contribution < -0.4 is 0 Å². The highest BCUT2D eigenvalue weighted by atomic mass is 32.2. The monoisotopic (exact) mass is 351 g/mol.